The van der Waals surface area contributed by atoms with Gasteiger partial charge in [-0.05, 0) is 67.9 Å². The number of carbonyl (C=O) groups excluding carboxylic acids is 1. The molecule has 8 rings (SSSR count). The zero-order chi connectivity index (χ0) is 26.0. The number of carbonyl (C=O) groups is 1. The van der Waals surface area contributed by atoms with E-state index in [1.54, 1.807) is 13.2 Å². The number of hydrogen-bond acceptors (Lipinski definition) is 9. The van der Waals surface area contributed by atoms with E-state index in [4.69, 9.17) is 23.4 Å². The molecule has 1 unspecified atom stereocenters. The zero-order valence-electron chi connectivity index (χ0n) is 21.6. The molecule has 1 spiro atoms. The van der Waals surface area contributed by atoms with Gasteiger partial charge in [-0.2, -0.15) is 0 Å². The van der Waals surface area contributed by atoms with Crippen LogP contribution in [0.3, 0.4) is 0 Å². The second kappa shape index (κ2) is 7.45. The first-order valence-corrected chi connectivity index (χ1v) is 13.7. The molecule has 4 bridgehead atoms. The molecule has 1 aromatic rings. The summed E-state index contributed by atoms with van der Waals surface area (Å²) in [4.78, 5) is 23.7. The third kappa shape index (κ3) is 2.87. The first-order valence-electron chi connectivity index (χ1n) is 13.7. The topological polar surface area (TPSA) is 125 Å². The molecule has 3 aliphatic heterocycles. The van der Waals surface area contributed by atoms with Crippen LogP contribution in [0.2, 0.25) is 0 Å². The Balaban J connectivity index is 1.32. The number of esters is 1. The van der Waals surface area contributed by atoms with Crippen LogP contribution in [0.4, 0.5) is 0 Å². The minimum Gasteiger partial charge on any atom is -0.465 e. The summed E-state index contributed by atoms with van der Waals surface area (Å²) in [7, 11) is 0. The second-order valence-electron chi connectivity index (χ2n) is 12.8. The number of fused-ring (bicyclic) bond motifs is 3. The highest BCUT2D eigenvalue weighted by Gasteiger charge is 2.81. The predicted octanol–water partition coefficient (Wildman–Crippen LogP) is 2.62. The monoisotopic (exact) mass is 516 g/mol. The van der Waals surface area contributed by atoms with Crippen molar-refractivity contribution in [3.8, 4) is 0 Å². The summed E-state index contributed by atoms with van der Waals surface area (Å²) in [6.45, 7) is 5.40. The van der Waals surface area contributed by atoms with Gasteiger partial charge in [-0.3, -0.25) is 4.79 Å². The molecule has 0 aromatic carbocycles. The highest BCUT2D eigenvalue weighted by atomic mass is 16.9. The molecular formula is C28H36O9. The molecule has 2 N–H and O–H groups in total. The van der Waals surface area contributed by atoms with Gasteiger partial charge in [0.1, 0.15) is 18.8 Å². The maximum absolute atomic E-state index is 12.6. The lowest BCUT2D eigenvalue weighted by atomic mass is 9.40. The molecule has 11 atom stereocenters. The van der Waals surface area contributed by atoms with Gasteiger partial charge in [-0.1, -0.05) is 6.92 Å². The van der Waals surface area contributed by atoms with Gasteiger partial charge in [0.15, 0.2) is 0 Å². The van der Waals surface area contributed by atoms with Crippen molar-refractivity contribution < 1.29 is 38.4 Å². The summed E-state index contributed by atoms with van der Waals surface area (Å²) >= 11 is 0. The fourth-order valence-corrected chi connectivity index (χ4v) is 10.0. The Kier molecular flexibility index (Phi) is 4.88. The van der Waals surface area contributed by atoms with Crippen LogP contribution < -0.4 is 5.63 Å². The lowest BCUT2D eigenvalue weighted by molar-refractivity contribution is -0.565. The van der Waals surface area contributed by atoms with Crippen molar-refractivity contribution in [2.45, 2.75) is 107 Å². The number of aliphatic hydroxyl groups is 2. The number of rotatable bonds is 3. The molecule has 37 heavy (non-hydrogen) atoms. The Morgan fingerprint density at radius 1 is 1.11 bits per heavy atom. The van der Waals surface area contributed by atoms with Crippen molar-refractivity contribution in [3.05, 3.63) is 34.4 Å². The summed E-state index contributed by atoms with van der Waals surface area (Å²) in [6, 6.07) is 3.28. The van der Waals surface area contributed by atoms with Crippen LogP contribution in [0, 0.1) is 22.7 Å². The molecule has 202 valence electrons. The summed E-state index contributed by atoms with van der Waals surface area (Å²) in [5.41, 5.74) is -2.29. The smallest absolute Gasteiger partial charge is 0.335 e. The summed E-state index contributed by atoms with van der Waals surface area (Å²) in [5, 5.41) is 24.0. The third-order valence-corrected chi connectivity index (χ3v) is 11.5. The van der Waals surface area contributed by atoms with Crippen LogP contribution in [0.1, 0.15) is 77.2 Å². The lowest BCUT2D eigenvalue weighted by Crippen LogP contribution is -2.85. The number of ether oxygens (including phenoxy) is 4. The van der Waals surface area contributed by atoms with E-state index < -0.39 is 46.3 Å². The van der Waals surface area contributed by atoms with Crippen molar-refractivity contribution in [2.75, 3.05) is 6.61 Å². The Bertz CT molecular complexity index is 1180. The molecule has 7 fully saturated rings. The van der Waals surface area contributed by atoms with Crippen LogP contribution in [-0.2, 0) is 23.7 Å². The molecule has 9 nitrogen and oxygen atoms in total. The number of hydrogen-bond donors (Lipinski definition) is 2. The molecule has 4 aliphatic carbocycles. The van der Waals surface area contributed by atoms with Crippen molar-refractivity contribution in [1.82, 2.24) is 0 Å². The van der Waals surface area contributed by atoms with Crippen molar-refractivity contribution in [2.24, 2.45) is 22.7 Å². The van der Waals surface area contributed by atoms with Gasteiger partial charge in [-0.15, -0.1) is 0 Å². The molecule has 4 heterocycles. The Morgan fingerprint density at radius 3 is 2.62 bits per heavy atom. The van der Waals surface area contributed by atoms with Crippen LogP contribution in [0.25, 0.3) is 0 Å². The minimum atomic E-state index is -1.24. The Morgan fingerprint density at radius 2 is 1.89 bits per heavy atom. The molecule has 0 amide bonds. The predicted molar refractivity (Wildman–Crippen MR) is 127 cm³/mol. The SMILES string of the molecule is CC(=O)OC[C@]12[C@@H]3OC4(C)O[C@H](C[C@]1(CC[C@@H]1[C@@H]2CC[C@]2(C)[C@@H](c5ccc(=O)oc5)CC[C@]12O)O4)[C@H]3O. The average Bonchev–Trinajstić information content (AvgIpc) is 3.12. The van der Waals surface area contributed by atoms with Gasteiger partial charge in [0.05, 0.1) is 29.0 Å². The Hall–Kier alpha value is -1.78. The van der Waals surface area contributed by atoms with Crippen LogP contribution in [0.5, 0.6) is 0 Å². The maximum atomic E-state index is 12.6. The molecule has 9 heteroatoms. The van der Waals surface area contributed by atoms with Crippen LogP contribution >= 0.6 is 0 Å². The van der Waals surface area contributed by atoms with Crippen molar-refractivity contribution in [1.29, 1.82) is 0 Å². The van der Waals surface area contributed by atoms with Gasteiger partial charge < -0.3 is 33.6 Å². The van der Waals surface area contributed by atoms with E-state index in [1.165, 1.54) is 13.0 Å². The first kappa shape index (κ1) is 24.3. The third-order valence-electron chi connectivity index (χ3n) is 11.5. The molecular weight excluding hydrogens is 480 g/mol. The molecule has 7 aliphatic rings. The average molecular weight is 517 g/mol. The normalized spacial score (nSPS) is 53.3. The first-order chi connectivity index (χ1) is 17.5. The summed E-state index contributed by atoms with van der Waals surface area (Å²) in [6.07, 6.45) is 4.53. The van der Waals surface area contributed by atoms with Gasteiger partial charge in [0, 0.05) is 31.7 Å². The van der Waals surface area contributed by atoms with Crippen LogP contribution in [-0.4, -0.2) is 58.3 Å². The quantitative estimate of drug-likeness (QED) is 0.583. The van der Waals surface area contributed by atoms with E-state index in [0.717, 1.165) is 31.2 Å². The van der Waals surface area contributed by atoms with Gasteiger partial charge >= 0.3 is 11.6 Å². The van der Waals surface area contributed by atoms with E-state index in [1.807, 2.05) is 6.07 Å². The van der Waals surface area contributed by atoms with Crippen LogP contribution in [0.15, 0.2) is 27.6 Å². The lowest BCUT2D eigenvalue weighted by Gasteiger charge is -2.75. The van der Waals surface area contributed by atoms with Gasteiger partial charge in [0.2, 0.25) is 0 Å². The Labute approximate surface area is 215 Å². The van der Waals surface area contributed by atoms with Crippen molar-refractivity contribution >= 4 is 5.97 Å². The van der Waals surface area contributed by atoms with E-state index in [2.05, 4.69) is 6.92 Å². The number of aliphatic hydroxyl groups excluding tert-OH is 1. The molecule has 3 saturated heterocycles. The highest BCUT2D eigenvalue weighted by molar-refractivity contribution is 5.66. The maximum Gasteiger partial charge on any atom is 0.335 e. The molecule has 4 saturated carbocycles. The standard InChI is InChI=1S/C28H36O9/c1-15(29)34-14-27-18-6-9-24(2)17(16-4-5-21(30)33-13-16)8-11-28(24,32)19(18)7-10-26(27)12-20-22(31)23(27)36-25(3,35-20)37-26/h4-5,13,17-20,22-23,31-32H,6-12,14H2,1-3H3/t17-,18+,19-,20-,22-,23-,24-,25?,26+,27+,28+/m1/s1. The van der Waals surface area contributed by atoms with E-state index >= 15 is 0 Å². The fraction of sp³-hybridized carbons (Fsp3) is 0.786. The molecule has 0 radical (unpaired) electrons. The fourth-order valence-electron chi connectivity index (χ4n) is 10.0. The second-order valence-corrected chi connectivity index (χ2v) is 12.8. The van der Waals surface area contributed by atoms with E-state index in [9.17, 15) is 19.8 Å². The van der Waals surface area contributed by atoms with Crippen molar-refractivity contribution in [3.63, 3.8) is 0 Å². The van der Waals surface area contributed by atoms with Gasteiger partial charge in [0.25, 0.3) is 5.97 Å². The largest absolute Gasteiger partial charge is 0.465 e. The minimum absolute atomic E-state index is 0.0620. The zero-order valence-corrected chi connectivity index (χ0v) is 21.6. The summed E-state index contributed by atoms with van der Waals surface area (Å²) < 4.78 is 29.9. The van der Waals surface area contributed by atoms with Gasteiger partial charge in [-0.25, -0.2) is 4.79 Å². The van der Waals surface area contributed by atoms with E-state index in [0.29, 0.717) is 19.3 Å². The summed E-state index contributed by atoms with van der Waals surface area (Å²) in [5.74, 6) is -1.72. The molecule has 1 aromatic heterocycles. The highest BCUT2D eigenvalue weighted by Crippen LogP contribution is 2.74. The van der Waals surface area contributed by atoms with E-state index in [-0.39, 0.29) is 36.0 Å².